The first-order valence-corrected chi connectivity index (χ1v) is 6.84. The van der Waals surface area contributed by atoms with Crippen molar-refractivity contribution in [3.05, 3.63) is 59.2 Å². The number of hydrogen-bond acceptors (Lipinski definition) is 3. The Kier molecular flexibility index (Phi) is 3.28. The topological polar surface area (TPSA) is 44.9 Å². The van der Waals surface area contributed by atoms with E-state index in [-0.39, 0.29) is 0 Å². The highest BCUT2D eigenvalue weighted by molar-refractivity contribution is 6.31. The number of rotatable bonds is 1. The molecule has 0 amide bonds. The fraction of sp³-hybridized carbons (Fsp3) is 0.125. The molecule has 1 aliphatic heterocycles. The normalized spacial score (nSPS) is 16.9. The maximum atomic E-state index is 9.59. The van der Waals surface area contributed by atoms with Crippen LogP contribution in [-0.2, 0) is 7.05 Å². The molecule has 1 aliphatic rings. The summed E-state index contributed by atoms with van der Waals surface area (Å²) in [5.41, 5.74) is 3.17. The van der Waals surface area contributed by atoms with E-state index in [9.17, 15) is 5.26 Å². The summed E-state index contributed by atoms with van der Waals surface area (Å²) >= 11 is 5.97. The van der Waals surface area contributed by atoms with Crippen LogP contribution >= 0.6 is 11.6 Å². The molecule has 2 aromatic rings. The molecule has 0 saturated carbocycles. The number of nitrogens with zero attached hydrogens (tertiary/aromatic N) is 4. The van der Waals surface area contributed by atoms with Crippen molar-refractivity contribution >= 4 is 28.2 Å². The second-order valence-electron chi connectivity index (χ2n) is 4.81. The van der Waals surface area contributed by atoms with Gasteiger partial charge in [-0.25, -0.2) is 4.98 Å². The smallest absolute Gasteiger partial charge is 0.153 e. The zero-order valence-corrected chi connectivity index (χ0v) is 12.5. The van der Waals surface area contributed by atoms with E-state index < -0.39 is 0 Å². The second-order valence-corrected chi connectivity index (χ2v) is 5.25. The fourth-order valence-corrected chi connectivity index (χ4v) is 2.63. The lowest BCUT2D eigenvalue weighted by Gasteiger charge is -2.20. The van der Waals surface area contributed by atoms with E-state index in [4.69, 9.17) is 11.6 Å². The summed E-state index contributed by atoms with van der Waals surface area (Å²) < 4.78 is 1.93. The Morgan fingerprint density at radius 3 is 2.67 bits per heavy atom. The molecular formula is C16H13ClN4. The van der Waals surface area contributed by atoms with Crippen LogP contribution in [0.4, 0.5) is 0 Å². The number of benzene rings is 1. The summed E-state index contributed by atoms with van der Waals surface area (Å²) in [4.78, 5) is 6.41. The molecule has 104 valence electrons. The van der Waals surface area contributed by atoms with Gasteiger partial charge >= 0.3 is 0 Å². The number of allylic oxidation sites excluding steroid dienone is 4. The van der Waals surface area contributed by atoms with Crippen molar-refractivity contribution < 1.29 is 0 Å². The summed E-state index contributed by atoms with van der Waals surface area (Å²) in [6, 6.07) is 10.1. The Morgan fingerprint density at radius 2 is 2.00 bits per heavy atom. The number of hydrogen-bond donors (Lipinski definition) is 0. The van der Waals surface area contributed by atoms with Gasteiger partial charge in [0, 0.05) is 20.3 Å². The average molecular weight is 297 g/mol. The molecule has 0 saturated heterocycles. The third-order valence-electron chi connectivity index (χ3n) is 3.48. The monoisotopic (exact) mass is 296 g/mol. The minimum atomic E-state index is 0.521. The van der Waals surface area contributed by atoms with Gasteiger partial charge in [0.2, 0.25) is 0 Å². The lowest BCUT2D eigenvalue weighted by Crippen LogP contribution is -2.14. The third-order valence-corrected chi connectivity index (χ3v) is 3.70. The van der Waals surface area contributed by atoms with Gasteiger partial charge < -0.3 is 9.47 Å². The van der Waals surface area contributed by atoms with Crippen LogP contribution in [0.1, 0.15) is 5.82 Å². The lowest BCUT2D eigenvalue weighted by molar-refractivity contribution is 0.584. The van der Waals surface area contributed by atoms with E-state index >= 15 is 0 Å². The maximum Gasteiger partial charge on any atom is 0.153 e. The molecule has 21 heavy (non-hydrogen) atoms. The summed E-state index contributed by atoms with van der Waals surface area (Å²) in [7, 11) is 3.78. The predicted molar refractivity (Wildman–Crippen MR) is 84.1 cm³/mol. The van der Waals surface area contributed by atoms with Crippen molar-refractivity contribution in [3.8, 4) is 6.07 Å². The molecule has 0 N–H and O–H groups in total. The van der Waals surface area contributed by atoms with E-state index in [1.165, 1.54) is 0 Å². The van der Waals surface area contributed by atoms with Crippen LogP contribution in [0.15, 0.2) is 53.3 Å². The van der Waals surface area contributed by atoms with E-state index in [1.54, 1.807) is 12.3 Å². The largest absolute Gasteiger partial charge is 0.348 e. The van der Waals surface area contributed by atoms with Crippen LogP contribution in [0.2, 0.25) is 0 Å². The quantitative estimate of drug-likeness (QED) is 0.758. The van der Waals surface area contributed by atoms with E-state index in [0.29, 0.717) is 16.4 Å². The van der Waals surface area contributed by atoms with E-state index in [0.717, 1.165) is 16.7 Å². The number of aryl methyl sites for hydroxylation is 1. The Balaban J connectivity index is 2.23. The number of halogens is 1. The van der Waals surface area contributed by atoms with E-state index in [1.807, 2.05) is 53.9 Å². The molecule has 0 fully saturated rings. The highest BCUT2D eigenvalue weighted by Crippen LogP contribution is 2.27. The Hall–Kier alpha value is -2.51. The molecule has 0 unspecified atom stereocenters. The van der Waals surface area contributed by atoms with Gasteiger partial charge in [-0.2, -0.15) is 5.26 Å². The summed E-state index contributed by atoms with van der Waals surface area (Å²) in [5, 5.41) is 10.2. The van der Waals surface area contributed by atoms with Crippen LogP contribution in [0, 0.1) is 11.3 Å². The molecule has 0 radical (unpaired) electrons. The molecule has 0 spiro atoms. The van der Waals surface area contributed by atoms with Gasteiger partial charge in [-0.3, -0.25) is 0 Å². The minimum absolute atomic E-state index is 0.521. The first kappa shape index (κ1) is 13.5. The van der Waals surface area contributed by atoms with Gasteiger partial charge in [0.25, 0.3) is 0 Å². The highest BCUT2D eigenvalue weighted by Gasteiger charge is 2.18. The van der Waals surface area contributed by atoms with Crippen molar-refractivity contribution in [2.75, 3.05) is 7.05 Å². The van der Waals surface area contributed by atoms with Gasteiger partial charge in [0.1, 0.15) is 11.6 Å². The predicted octanol–water partition coefficient (Wildman–Crippen LogP) is 3.39. The van der Waals surface area contributed by atoms with Gasteiger partial charge in [-0.15, -0.1) is 0 Å². The second kappa shape index (κ2) is 5.12. The molecule has 4 nitrogen and oxygen atoms in total. The van der Waals surface area contributed by atoms with Crippen molar-refractivity contribution in [1.82, 2.24) is 14.5 Å². The van der Waals surface area contributed by atoms with Gasteiger partial charge in [0.05, 0.1) is 21.8 Å². The van der Waals surface area contributed by atoms with Crippen LogP contribution < -0.4 is 0 Å². The first-order valence-electron chi connectivity index (χ1n) is 6.46. The molecule has 5 heteroatoms. The molecule has 1 aromatic heterocycles. The lowest BCUT2D eigenvalue weighted by atomic mass is 10.1. The van der Waals surface area contributed by atoms with Crippen molar-refractivity contribution in [3.63, 3.8) is 0 Å². The van der Waals surface area contributed by atoms with Gasteiger partial charge in [-0.1, -0.05) is 23.7 Å². The summed E-state index contributed by atoms with van der Waals surface area (Å²) in [5.74, 6) is 0.650. The van der Waals surface area contributed by atoms with Gasteiger partial charge in [0.15, 0.2) is 5.82 Å². The number of likely N-dealkylation sites (N-methyl/N-ethyl adjacent to an activating group) is 1. The van der Waals surface area contributed by atoms with Crippen molar-refractivity contribution in [2.24, 2.45) is 7.05 Å². The van der Waals surface area contributed by atoms with Crippen molar-refractivity contribution in [1.29, 1.82) is 5.26 Å². The highest BCUT2D eigenvalue weighted by atomic mass is 35.5. The minimum Gasteiger partial charge on any atom is -0.348 e. The fourth-order valence-electron chi connectivity index (χ4n) is 2.42. The zero-order valence-electron chi connectivity index (χ0n) is 11.7. The Labute approximate surface area is 127 Å². The molecule has 2 heterocycles. The molecule has 1 aromatic carbocycles. The average Bonchev–Trinajstić information content (AvgIpc) is 2.80. The maximum absolute atomic E-state index is 9.59. The Morgan fingerprint density at radius 1 is 1.24 bits per heavy atom. The molecular weight excluding hydrogens is 284 g/mol. The van der Waals surface area contributed by atoms with E-state index in [2.05, 4.69) is 11.1 Å². The van der Waals surface area contributed by atoms with Gasteiger partial charge in [-0.05, 0) is 24.3 Å². The standard InChI is InChI=1S/C16H13ClN4/c1-20-10-11(17)7-8-14(20)12(9-18)16-19-13-5-3-4-6-15(13)21(16)2/h3-8,10H,1-2H3/b14-12+. The number of aromatic nitrogens is 2. The first-order chi connectivity index (χ1) is 10.1. The summed E-state index contributed by atoms with van der Waals surface area (Å²) in [6.45, 7) is 0. The SMILES string of the molecule is CN1C=C(Cl)C=C/C1=C(/C#N)c1nc2ccccc2n1C. The number of fused-ring (bicyclic) bond motifs is 1. The van der Waals surface area contributed by atoms with Crippen LogP contribution in [0.3, 0.4) is 0 Å². The van der Waals surface area contributed by atoms with Crippen LogP contribution in [-0.4, -0.2) is 21.5 Å². The molecule has 3 rings (SSSR count). The number of imidazole rings is 1. The summed E-state index contributed by atoms with van der Waals surface area (Å²) in [6.07, 6.45) is 5.38. The van der Waals surface area contributed by atoms with Crippen LogP contribution in [0.25, 0.3) is 16.6 Å². The molecule has 0 atom stereocenters. The zero-order chi connectivity index (χ0) is 15.0. The molecule has 0 bridgehead atoms. The Bertz CT molecular complexity index is 849. The number of para-hydroxylation sites is 2. The third kappa shape index (κ3) is 2.22. The van der Waals surface area contributed by atoms with Crippen molar-refractivity contribution in [2.45, 2.75) is 0 Å². The molecule has 0 aliphatic carbocycles. The van der Waals surface area contributed by atoms with Crippen LogP contribution in [0.5, 0.6) is 0 Å². The number of nitriles is 1.